The van der Waals surface area contributed by atoms with E-state index in [9.17, 15) is 9.59 Å². The van der Waals surface area contributed by atoms with E-state index in [0.29, 0.717) is 6.42 Å². The van der Waals surface area contributed by atoms with E-state index in [4.69, 9.17) is 4.74 Å². The molecule has 84 valence electrons. The highest BCUT2D eigenvalue weighted by molar-refractivity contribution is 5.87. The van der Waals surface area contributed by atoms with Crippen LogP contribution in [0.2, 0.25) is 0 Å². The van der Waals surface area contributed by atoms with Crippen LogP contribution in [0.25, 0.3) is 0 Å². The third-order valence-corrected chi connectivity index (χ3v) is 2.03. The largest absolute Gasteiger partial charge is 0.443 e. The van der Waals surface area contributed by atoms with Gasteiger partial charge in [0.1, 0.15) is 11.6 Å². The second kappa shape index (κ2) is 4.04. The number of hydrogen-bond donors (Lipinski definition) is 0. The fraction of sp³-hybridized carbons (Fsp3) is 0.636. The average molecular weight is 211 g/mol. The molecule has 0 spiro atoms. The van der Waals surface area contributed by atoms with E-state index in [-0.39, 0.29) is 11.8 Å². The van der Waals surface area contributed by atoms with Crippen LogP contribution in [0.5, 0.6) is 0 Å². The summed E-state index contributed by atoms with van der Waals surface area (Å²) < 4.78 is 5.19. The molecule has 1 heterocycles. The van der Waals surface area contributed by atoms with Crippen molar-refractivity contribution < 1.29 is 14.3 Å². The van der Waals surface area contributed by atoms with Crippen molar-refractivity contribution in [1.29, 1.82) is 0 Å². The maximum Gasteiger partial charge on any atom is 0.415 e. The Morgan fingerprint density at radius 2 is 2.00 bits per heavy atom. The second-order valence-electron chi connectivity index (χ2n) is 4.63. The maximum atomic E-state index is 11.7. The third kappa shape index (κ3) is 3.08. The molecule has 1 amide bonds. The van der Waals surface area contributed by atoms with Crippen LogP contribution in [-0.2, 0) is 9.53 Å². The Morgan fingerprint density at radius 3 is 2.47 bits per heavy atom. The lowest BCUT2D eigenvalue weighted by molar-refractivity contribution is -0.120. The minimum absolute atomic E-state index is 0.0224. The van der Waals surface area contributed by atoms with Gasteiger partial charge in [-0.25, -0.2) is 4.79 Å². The van der Waals surface area contributed by atoms with Crippen molar-refractivity contribution in [2.45, 2.75) is 45.8 Å². The highest BCUT2D eigenvalue weighted by Gasteiger charge is 2.31. The van der Waals surface area contributed by atoms with E-state index < -0.39 is 11.7 Å². The molecule has 0 N–H and O–H groups in total. The van der Waals surface area contributed by atoms with Crippen molar-refractivity contribution in [3.8, 4) is 0 Å². The number of ether oxygens (including phenoxy) is 1. The number of nitrogens with zero attached hydrogens (tertiary/aromatic N) is 1. The Hall–Kier alpha value is -1.32. The van der Waals surface area contributed by atoms with Gasteiger partial charge in [-0.05, 0) is 34.1 Å². The molecule has 1 aliphatic heterocycles. The van der Waals surface area contributed by atoms with Crippen LogP contribution in [-0.4, -0.2) is 28.4 Å². The maximum absolute atomic E-state index is 11.7. The first-order chi connectivity index (χ1) is 6.81. The van der Waals surface area contributed by atoms with E-state index in [1.54, 1.807) is 33.0 Å². The SMILES string of the molecule is CC(=O)[C@@H]1CC=CN1C(=O)OC(C)(C)C. The van der Waals surface area contributed by atoms with E-state index >= 15 is 0 Å². The van der Waals surface area contributed by atoms with Crippen LogP contribution in [0.4, 0.5) is 4.79 Å². The van der Waals surface area contributed by atoms with Crippen molar-refractivity contribution in [2.75, 3.05) is 0 Å². The van der Waals surface area contributed by atoms with Crippen molar-refractivity contribution in [2.24, 2.45) is 0 Å². The molecular formula is C11H17NO3. The van der Waals surface area contributed by atoms with E-state index in [1.807, 2.05) is 0 Å². The summed E-state index contributed by atoms with van der Waals surface area (Å²) in [5, 5.41) is 0. The minimum atomic E-state index is -0.533. The summed E-state index contributed by atoms with van der Waals surface area (Å²) in [5.74, 6) is -0.0224. The first-order valence-corrected chi connectivity index (χ1v) is 5.00. The van der Waals surface area contributed by atoms with Crippen LogP contribution < -0.4 is 0 Å². The predicted molar refractivity (Wildman–Crippen MR) is 56.3 cm³/mol. The third-order valence-electron chi connectivity index (χ3n) is 2.03. The molecule has 0 bridgehead atoms. The van der Waals surface area contributed by atoms with Crippen molar-refractivity contribution in [3.63, 3.8) is 0 Å². The Labute approximate surface area is 89.9 Å². The highest BCUT2D eigenvalue weighted by atomic mass is 16.6. The molecule has 1 atom stereocenters. The molecule has 0 aromatic carbocycles. The van der Waals surface area contributed by atoms with Gasteiger partial charge in [-0.3, -0.25) is 9.69 Å². The van der Waals surface area contributed by atoms with Gasteiger partial charge in [0.05, 0.1) is 0 Å². The molecule has 0 aromatic heterocycles. The Kier molecular flexibility index (Phi) is 3.17. The summed E-state index contributed by atoms with van der Waals surface area (Å²) in [6.07, 6.45) is 3.53. The molecule has 1 rings (SSSR count). The van der Waals surface area contributed by atoms with Gasteiger partial charge in [0.2, 0.25) is 0 Å². The summed E-state index contributed by atoms with van der Waals surface area (Å²) in [7, 11) is 0. The number of ketones is 1. The second-order valence-corrected chi connectivity index (χ2v) is 4.63. The van der Waals surface area contributed by atoms with Crippen molar-refractivity contribution in [1.82, 2.24) is 4.90 Å². The smallest absolute Gasteiger partial charge is 0.415 e. The van der Waals surface area contributed by atoms with Crippen molar-refractivity contribution in [3.05, 3.63) is 12.3 Å². The normalized spacial score (nSPS) is 20.5. The Morgan fingerprint density at radius 1 is 1.40 bits per heavy atom. The van der Waals surface area contributed by atoms with E-state index in [0.717, 1.165) is 0 Å². The van der Waals surface area contributed by atoms with Crippen LogP contribution in [0.15, 0.2) is 12.3 Å². The molecule has 4 heteroatoms. The number of amides is 1. The standard InChI is InChI=1S/C11H17NO3/c1-8(13)9-6-5-7-12(9)10(14)15-11(2,3)4/h5,7,9H,6H2,1-4H3/t9-/m0/s1. The molecule has 0 radical (unpaired) electrons. The first kappa shape index (κ1) is 11.8. The van der Waals surface area contributed by atoms with Gasteiger partial charge in [-0.2, -0.15) is 0 Å². The lowest BCUT2D eigenvalue weighted by Crippen LogP contribution is -2.40. The Bertz CT molecular complexity index is 301. The summed E-state index contributed by atoms with van der Waals surface area (Å²) in [6, 6.07) is -0.389. The topological polar surface area (TPSA) is 46.6 Å². The van der Waals surface area contributed by atoms with Crippen LogP contribution in [0.3, 0.4) is 0 Å². The fourth-order valence-corrected chi connectivity index (χ4v) is 1.39. The molecule has 0 unspecified atom stereocenters. The van der Waals surface area contributed by atoms with Gasteiger partial charge in [0.15, 0.2) is 5.78 Å². The number of hydrogen-bond acceptors (Lipinski definition) is 3. The fourth-order valence-electron chi connectivity index (χ4n) is 1.39. The Balaban J connectivity index is 2.67. The number of carbonyl (C=O) groups excluding carboxylic acids is 2. The average Bonchev–Trinajstić information content (AvgIpc) is 2.47. The van der Waals surface area contributed by atoms with Crippen molar-refractivity contribution >= 4 is 11.9 Å². The number of rotatable bonds is 1. The zero-order valence-electron chi connectivity index (χ0n) is 9.61. The van der Waals surface area contributed by atoms with Gasteiger partial charge in [0, 0.05) is 6.20 Å². The summed E-state index contributed by atoms with van der Waals surface area (Å²) in [5.41, 5.74) is -0.533. The molecule has 0 saturated carbocycles. The quantitative estimate of drug-likeness (QED) is 0.667. The van der Waals surface area contributed by atoms with Crippen LogP contribution in [0.1, 0.15) is 34.1 Å². The molecule has 0 fully saturated rings. The minimum Gasteiger partial charge on any atom is -0.443 e. The molecule has 4 nitrogen and oxygen atoms in total. The van der Waals surface area contributed by atoms with Gasteiger partial charge in [-0.1, -0.05) is 6.08 Å². The number of carbonyl (C=O) groups is 2. The highest BCUT2D eigenvalue weighted by Crippen LogP contribution is 2.19. The lowest BCUT2D eigenvalue weighted by Gasteiger charge is -2.26. The molecular weight excluding hydrogens is 194 g/mol. The number of Topliss-reactive ketones (excluding diaryl/α,β-unsaturated/α-hetero) is 1. The van der Waals surface area contributed by atoms with E-state index in [1.165, 1.54) is 11.8 Å². The van der Waals surface area contributed by atoms with Crippen LogP contribution in [0, 0.1) is 0 Å². The van der Waals surface area contributed by atoms with Gasteiger partial charge < -0.3 is 4.74 Å². The van der Waals surface area contributed by atoms with Gasteiger partial charge in [-0.15, -0.1) is 0 Å². The summed E-state index contributed by atoms with van der Waals surface area (Å²) in [6.45, 7) is 6.88. The zero-order chi connectivity index (χ0) is 11.6. The molecule has 15 heavy (non-hydrogen) atoms. The summed E-state index contributed by atoms with van der Waals surface area (Å²) in [4.78, 5) is 24.3. The van der Waals surface area contributed by atoms with Crippen LogP contribution >= 0.6 is 0 Å². The van der Waals surface area contributed by atoms with Gasteiger partial charge in [0.25, 0.3) is 0 Å². The summed E-state index contributed by atoms with van der Waals surface area (Å²) >= 11 is 0. The first-order valence-electron chi connectivity index (χ1n) is 5.00. The molecule has 0 aromatic rings. The van der Waals surface area contributed by atoms with E-state index in [2.05, 4.69) is 0 Å². The molecule has 0 saturated heterocycles. The predicted octanol–water partition coefficient (Wildman–Crippen LogP) is 2.10. The molecule has 1 aliphatic rings. The monoisotopic (exact) mass is 211 g/mol. The molecule has 0 aliphatic carbocycles. The van der Waals surface area contributed by atoms with Gasteiger partial charge >= 0.3 is 6.09 Å². The lowest BCUT2D eigenvalue weighted by atomic mass is 10.1. The zero-order valence-corrected chi connectivity index (χ0v) is 9.61.